The molecular weight excluding hydrogens is 387 g/mol. The van der Waals surface area contributed by atoms with Crippen LogP contribution in [0.25, 0.3) is 0 Å². The zero-order chi connectivity index (χ0) is 19.8. The monoisotopic (exact) mass is 403 g/mol. The summed E-state index contributed by atoms with van der Waals surface area (Å²) in [5.74, 6) is -1.42. The van der Waals surface area contributed by atoms with Crippen molar-refractivity contribution in [2.24, 2.45) is 0 Å². The molecule has 3 rings (SSSR count). The first-order valence-electron chi connectivity index (χ1n) is 7.98. The van der Waals surface area contributed by atoms with Gasteiger partial charge >= 0.3 is 12.1 Å². The number of carbonyl (C=O) groups excluding carboxylic acids is 1. The number of aryl methyl sites for hydroxylation is 1. The Bertz CT molecular complexity index is 855. The number of rotatable bonds is 4. The lowest BCUT2D eigenvalue weighted by Crippen LogP contribution is -2.49. The second-order valence-corrected chi connectivity index (χ2v) is 6.85. The van der Waals surface area contributed by atoms with Crippen molar-refractivity contribution in [3.63, 3.8) is 0 Å². The predicted octanol–water partition coefficient (Wildman–Crippen LogP) is 1.71. The third-order valence-corrected chi connectivity index (χ3v) is 5.07. The van der Waals surface area contributed by atoms with Gasteiger partial charge in [0.1, 0.15) is 6.54 Å². The van der Waals surface area contributed by atoms with Gasteiger partial charge in [-0.05, 0) is 13.0 Å². The number of hydrogen-bond donors (Lipinski definition) is 1. The number of halogens is 3. The molecule has 0 aromatic carbocycles. The highest BCUT2D eigenvalue weighted by Crippen LogP contribution is 2.28. The summed E-state index contributed by atoms with van der Waals surface area (Å²) in [5, 5.41) is 14.4. The van der Waals surface area contributed by atoms with E-state index in [-0.39, 0.29) is 23.8 Å². The van der Waals surface area contributed by atoms with E-state index >= 15 is 0 Å². The Balaban J connectivity index is 1.58. The van der Waals surface area contributed by atoms with Gasteiger partial charge in [0.05, 0.1) is 0 Å². The molecule has 1 saturated heterocycles. The molecule has 3 heterocycles. The summed E-state index contributed by atoms with van der Waals surface area (Å²) in [6, 6.07) is 0.910. The molecule has 146 valence electrons. The van der Waals surface area contributed by atoms with Crippen molar-refractivity contribution in [3.05, 3.63) is 28.5 Å². The van der Waals surface area contributed by atoms with E-state index in [1.807, 2.05) is 4.90 Å². The normalized spacial score (nSPS) is 15.3. The standard InChI is InChI=1S/C15H16F3N5O3S/c1-9-6-11(15(16,17)18)20-23(9)7-12(24)21-2-4-22(5-3-21)14-19-10(8-27-14)13(25)26/h6,8H,2-5,7H2,1H3,(H,25,26). The van der Waals surface area contributed by atoms with Crippen LogP contribution in [0.2, 0.25) is 0 Å². The zero-order valence-corrected chi connectivity index (χ0v) is 15.0. The van der Waals surface area contributed by atoms with E-state index in [0.29, 0.717) is 31.3 Å². The van der Waals surface area contributed by atoms with Gasteiger partial charge in [-0.2, -0.15) is 18.3 Å². The van der Waals surface area contributed by atoms with Gasteiger partial charge in [0.25, 0.3) is 0 Å². The SMILES string of the molecule is Cc1cc(C(F)(F)F)nn1CC(=O)N1CCN(c2nc(C(=O)O)cs2)CC1. The number of piperazine rings is 1. The van der Waals surface area contributed by atoms with Crippen LogP contribution in [-0.4, -0.2) is 62.8 Å². The molecule has 0 bridgehead atoms. The van der Waals surface area contributed by atoms with E-state index in [0.717, 1.165) is 10.7 Å². The first-order valence-corrected chi connectivity index (χ1v) is 8.86. The predicted molar refractivity (Wildman–Crippen MR) is 89.8 cm³/mol. The van der Waals surface area contributed by atoms with Crippen LogP contribution in [0.5, 0.6) is 0 Å². The third kappa shape index (κ3) is 4.21. The number of nitrogens with zero attached hydrogens (tertiary/aromatic N) is 5. The van der Waals surface area contributed by atoms with E-state index in [9.17, 15) is 22.8 Å². The maximum absolute atomic E-state index is 12.7. The number of anilines is 1. The quantitative estimate of drug-likeness (QED) is 0.836. The average Bonchev–Trinajstić information content (AvgIpc) is 3.22. The molecule has 12 heteroatoms. The molecule has 0 unspecified atom stereocenters. The molecule has 1 aliphatic heterocycles. The lowest BCUT2D eigenvalue weighted by molar-refractivity contribution is -0.142. The second kappa shape index (κ2) is 7.18. The number of aromatic carboxylic acids is 1. The van der Waals surface area contributed by atoms with Crippen molar-refractivity contribution in [1.82, 2.24) is 19.7 Å². The average molecular weight is 403 g/mol. The minimum atomic E-state index is -4.55. The lowest BCUT2D eigenvalue weighted by Gasteiger charge is -2.34. The number of hydrogen-bond acceptors (Lipinski definition) is 6. The van der Waals surface area contributed by atoms with E-state index in [1.165, 1.54) is 23.6 Å². The van der Waals surface area contributed by atoms with E-state index in [1.54, 1.807) is 4.90 Å². The maximum Gasteiger partial charge on any atom is 0.435 e. The fourth-order valence-corrected chi connectivity index (χ4v) is 3.54. The Morgan fingerprint density at radius 1 is 1.26 bits per heavy atom. The molecule has 0 spiro atoms. The fourth-order valence-electron chi connectivity index (χ4n) is 2.69. The van der Waals surface area contributed by atoms with Crippen LogP contribution in [0, 0.1) is 6.92 Å². The molecule has 2 aromatic heterocycles. The second-order valence-electron chi connectivity index (χ2n) is 6.01. The molecule has 0 atom stereocenters. The molecule has 1 fully saturated rings. The minimum absolute atomic E-state index is 0.0249. The minimum Gasteiger partial charge on any atom is -0.476 e. The number of carboxylic acid groups (broad SMARTS) is 1. The van der Waals surface area contributed by atoms with Gasteiger partial charge in [0, 0.05) is 37.3 Å². The summed E-state index contributed by atoms with van der Waals surface area (Å²) in [4.78, 5) is 30.7. The number of carbonyl (C=O) groups is 2. The number of aromatic nitrogens is 3. The van der Waals surface area contributed by atoms with Crippen LogP contribution in [0.3, 0.4) is 0 Å². The van der Waals surface area contributed by atoms with Crippen LogP contribution >= 0.6 is 11.3 Å². The molecule has 2 aromatic rings. The number of carboxylic acids is 1. The van der Waals surface area contributed by atoms with Crippen molar-refractivity contribution in [2.75, 3.05) is 31.1 Å². The van der Waals surface area contributed by atoms with E-state index in [4.69, 9.17) is 5.11 Å². The van der Waals surface area contributed by atoms with Crippen LogP contribution in [0.4, 0.5) is 18.3 Å². The van der Waals surface area contributed by atoms with Crippen molar-refractivity contribution < 1.29 is 27.9 Å². The summed E-state index contributed by atoms with van der Waals surface area (Å²) in [6.45, 7) is 2.87. The van der Waals surface area contributed by atoms with Crippen molar-refractivity contribution in [2.45, 2.75) is 19.6 Å². The highest BCUT2D eigenvalue weighted by atomic mass is 32.1. The zero-order valence-electron chi connectivity index (χ0n) is 14.2. The molecule has 0 radical (unpaired) electrons. The Morgan fingerprint density at radius 2 is 1.93 bits per heavy atom. The smallest absolute Gasteiger partial charge is 0.435 e. The molecule has 0 saturated carbocycles. The molecule has 8 nitrogen and oxygen atoms in total. The van der Waals surface area contributed by atoms with Gasteiger partial charge in [-0.1, -0.05) is 0 Å². The molecule has 0 aliphatic carbocycles. The topological polar surface area (TPSA) is 91.6 Å². The van der Waals surface area contributed by atoms with Crippen LogP contribution in [0.15, 0.2) is 11.4 Å². The Hall–Kier alpha value is -2.63. The number of thiazole rings is 1. The van der Waals surface area contributed by atoms with Gasteiger partial charge in [0.2, 0.25) is 5.91 Å². The first-order chi connectivity index (χ1) is 12.6. The van der Waals surface area contributed by atoms with E-state index in [2.05, 4.69) is 10.1 Å². The molecule has 27 heavy (non-hydrogen) atoms. The van der Waals surface area contributed by atoms with Gasteiger partial charge in [-0.3, -0.25) is 9.48 Å². The molecule has 1 N–H and O–H groups in total. The summed E-state index contributed by atoms with van der Waals surface area (Å²) in [5.41, 5.74) is -0.781. The molecule has 1 aliphatic rings. The van der Waals surface area contributed by atoms with Gasteiger partial charge < -0.3 is 14.9 Å². The van der Waals surface area contributed by atoms with Crippen LogP contribution in [-0.2, 0) is 17.5 Å². The number of amides is 1. The molecular formula is C15H16F3N5O3S. The Kier molecular flexibility index (Phi) is 5.09. The fraction of sp³-hybridized carbons (Fsp3) is 0.467. The van der Waals surface area contributed by atoms with Crippen molar-refractivity contribution >= 4 is 28.3 Å². The highest BCUT2D eigenvalue weighted by molar-refractivity contribution is 7.13. The lowest BCUT2D eigenvalue weighted by atomic mass is 10.3. The highest BCUT2D eigenvalue weighted by Gasteiger charge is 2.34. The maximum atomic E-state index is 12.7. The summed E-state index contributed by atoms with van der Waals surface area (Å²) < 4.78 is 39.2. The van der Waals surface area contributed by atoms with Crippen molar-refractivity contribution in [3.8, 4) is 0 Å². The summed E-state index contributed by atoms with van der Waals surface area (Å²) >= 11 is 1.21. The van der Waals surface area contributed by atoms with Gasteiger partial charge in [-0.15, -0.1) is 11.3 Å². The van der Waals surface area contributed by atoms with Gasteiger partial charge in [0.15, 0.2) is 16.5 Å². The first kappa shape index (κ1) is 19.1. The van der Waals surface area contributed by atoms with Crippen LogP contribution < -0.4 is 4.90 Å². The largest absolute Gasteiger partial charge is 0.476 e. The summed E-state index contributed by atoms with van der Waals surface area (Å²) in [7, 11) is 0. The Labute approximate surface area is 155 Å². The van der Waals surface area contributed by atoms with Crippen molar-refractivity contribution in [1.29, 1.82) is 0 Å². The number of alkyl halides is 3. The van der Waals surface area contributed by atoms with Gasteiger partial charge in [-0.25, -0.2) is 9.78 Å². The molecule has 1 amide bonds. The van der Waals surface area contributed by atoms with Crippen LogP contribution in [0.1, 0.15) is 21.9 Å². The Morgan fingerprint density at radius 3 is 2.44 bits per heavy atom. The third-order valence-electron chi connectivity index (χ3n) is 4.17. The van der Waals surface area contributed by atoms with E-state index < -0.39 is 17.8 Å². The summed E-state index contributed by atoms with van der Waals surface area (Å²) in [6.07, 6.45) is -4.55.